The Morgan fingerprint density at radius 1 is 1.00 bits per heavy atom. The highest BCUT2D eigenvalue weighted by molar-refractivity contribution is 5.39. The van der Waals surface area contributed by atoms with Gasteiger partial charge in [-0.2, -0.15) is 0 Å². The summed E-state index contributed by atoms with van der Waals surface area (Å²) in [4.78, 5) is 0. The van der Waals surface area contributed by atoms with Gasteiger partial charge < -0.3 is 14.8 Å². The van der Waals surface area contributed by atoms with Crippen LogP contribution < -0.4 is 10.1 Å². The Morgan fingerprint density at radius 2 is 1.75 bits per heavy atom. The molecule has 1 heterocycles. The van der Waals surface area contributed by atoms with Crippen LogP contribution in [0.4, 0.5) is 0 Å². The summed E-state index contributed by atoms with van der Waals surface area (Å²) < 4.78 is 11.4. The molecule has 1 aliphatic heterocycles. The van der Waals surface area contributed by atoms with Crippen LogP contribution in [0.15, 0.2) is 42.5 Å². The van der Waals surface area contributed by atoms with Gasteiger partial charge in [0, 0.05) is 19.5 Å². The number of fused-ring (bicyclic) bond motifs is 1. The van der Waals surface area contributed by atoms with Crippen LogP contribution in [0.25, 0.3) is 0 Å². The molecule has 0 atom stereocenters. The van der Waals surface area contributed by atoms with Gasteiger partial charge in [0.25, 0.3) is 0 Å². The molecule has 0 fully saturated rings. The highest BCUT2D eigenvalue weighted by Gasteiger charge is 2.12. The number of rotatable bonds is 6. The summed E-state index contributed by atoms with van der Waals surface area (Å²) in [6.07, 6.45) is 1.03. The van der Waals surface area contributed by atoms with Gasteiger partial charge in [-0.15, -0.1) is 0 Å². The second kappa shape index (κ2) is 7.37. The van der Waals surface area contributed by atoms with Gasteiger partial charge in [-0.05, 0) is 49.1 Å². The lowest BCUT2D eigenvalue weighted by Gasteiger charge is -2.19. The summed E-state index contributed by atoms with van der Waals surface area (Å²) in [6.45, 7) is 9.45. The van der Waals surface area contributed by atoms with E-state index in [4.69, 9.17) is 9.47 Å². The van der Waals surface area contributed by atoms with Gasteiger partial charge in [0.2, 0.25) is 0 Å². The number of benzene rings is 2. The number of hydrogen-bond donors (Lipinski definition) is 1. The monoisotopic (exact) mass is 325 g/mol. The van der Waals surface area contributed by atoms with Crippen molar-refractivity contribution in [3.63, 3.8) is 0 Å². The van der Waals surface area contributed by atoms with Crippen LogP contribution in [0.1, 0.15) is 43.0 Å². The topological polar surface area (TPSA) is 30.5 Å². The standard InChI is InChI=1S/C21H27NO2/c1-21(2,3)24-15-18-6-4-5-16(11-18)13-22-14-17-7-8-20-19(12-17)9-10-23-20/h4-8,11-12,22H,9-10,13-15H2,1-3H3. The molecule has 0 amide bonds. The zero-order valence-corrected chi connectivity index (χ0v) is 14.9. The zero-order chi connectivity index (χ0) is 17.0. The van der Waals surface area contributed by atoms with Gasteiger partial charge in [0.1, 0.15) is 5.75 Å². The molecule has 0 aliphatic carbocycles. The van der Waals surface area contributed by atoms with Gasteiger partial charge in [-0.1, -0.05) is 36.4 Å². The second-order valence-electron chi connectivity index (χ2n) is 7.37. The van der Waals surface area contributed by atoms with Crippen molar-refractivity contribution in [3.8, 4) is 5.75 Å². The molecule has 0 unspecified atom stereocenters. The number of ether oxygens (including phenoxy) is 2. The second-order valence-corrected chi connectivity index (χ2v) is 7.37. The minimum atomic E-state index is -0.106. The molecule has 3 nitrogen and oxygen atoms in total. The Labute approximate surface area is 145 Å². The third-order valence-electron chi connectivity index (χ3n) is 4.08. The largest absolute Gasteiger partial charge is 0.493 e. The van der Waals surface area contributed by atoms with Gasteiger partial charge in [-0.3, -0.25) is 0 Å². The van der Waals surface area contributed by atoms with Crippen molar-refractivity contribution in [2.24, 2.45) is 0 Å². The van der Waals surface area contributed by atoms with E-state index in [0.29, 0.717) is 6.61 Å². The third kappa shape index (κ3) is 4.83. The maximum absolute atomic E-state index is 5.85. The van der Waals surface area contributed by atoms with Crippen LogP contribution in [-0.2, 0) is 30.9 Å². The first-order valence-electron chi connectivity index (χ1n) is 8.67. The Kier molecular flexibility index (Phi) is 5.22. The van der Waals surface area contributed by atoms with Gasteiger partial charge in [0.05, 0.1) is 18.8 Å². The van der Waals surface area contributed by atoms with Gasteiger partial charge in [-0.25, -0.2) is 0 Å². The average Bonchev–Trinajstić information content (AvgIpc) is 3.00. The lowest BCUT2D eigenvalue weighted by Crippen LogP contribution is -2.18. The summed E-state index contributed by atoms with van der Waals surface area (Å²) >= 11 is 0. The van der Waals surface area contributed by atoms with Crippen molar-refractivity contribution in [2.75, 3.05) is 6.61 Å². The third-order valence-corrected chi connectivity index (χ3v) is 4.08. The molecule has 0 spiro atoms. The van der Waals surface area contributed by atoms with E-state index >= 15 is 0 Å². The fraction of sp³-hybridized carbons (Fsp3) is 0.429. The number of nitrogens with one attached hydrogen (secondary N) is 1. The summed E-state index contributed by atoms with van der Waals surface area (Å²) in [6, 6.07) is 15.1. The molecular formula is C21H27NO2. The first-order chi connectivity index (χ1) is 11.5. The van der Waals surface area contributed by atoms with Crippen molar-refractivity contribution in [2.45, 2.75) is 52.5 Å². The predicted octanol–water partition coefficient (Wildman–Crippen LogP) is 4.23. The van der Waals surface area contributed by atoms with Crippen molar-refractivity contribution >= 4 is 0 Å². The molecule has 2 aromatic rings. The van der Waals surface area contributed by atoms with Crippen LogP contribution in [0.3, 0.4) is 0 Å². The van der Waals surface area contributed by atoms with Crippen molar-refractivity contribution in [1.29, 1.82) is 0 Å². The van der Waals surface area contributed by atoms with E-state index in [0.717, 1.165) is 31.9 Å². The Bertz CT molecular complexity index is 688. The first-order valence-corrected chi connectivity index (χ1v) is 8.67. The van der Waals surface area contributed by atoms with Crippen LogP contribution in [0, 0.1) is 0 Å². The molecule has 128 valence electrons. The summed E-state index contributed by atoms with van der Waals surface area (Å²) in [7, 11) is 0. The fourth-order valence-electron chi connectivity index (χ4n) is 2.83. The highest BCUT2D eigenvalue weighted by atomic mass is 16.5. The SMILES string of the molecule is CC(C)(C)OCc1cccc(CNCc2ccc3c(c2)CCO3)c1. The van der Waals surface area contributed by atoms with E-state index in [1.54, 1.807) is 0 Å². The molecular weight excluding hydrogens is 298 g/mol. The van der Waals surface area contributed by atoms with Crippen LogP contribution >= 0.6 is 0 Å². The minimum Gasteiger partial charge on any atom is -0.493 e. The van der Waals surface area contributed by atoms with Crippen LogP contribution in [0.2, 0.25) is 0 Å². The minimum absolute atomic E-state index is 0.106. The summed E-state index contributed by atoms with van der Waals surface area (Å²) in [5.41, 5.74) is 5.04. The highest BCUT2D eigenvalue weighted by Crippen LogP contribution is 2.25. The van der Waals surface area contributed by atoms with Crippen LogP contribution in [-0.4, -0.2) is 12.2 Å². The maximum Gasteiger partial charge on any atom is 0.122 e. The van der Waals surface area contributed by atoms with Crippen molar-refractivity contribution in [1.82, 2.24) is 5.32 Å². The van der Waals surface area contributed by atoms with E-state index in [1.807, 2.05) is 0 Å². The molecule has 0 radical (unpaired) electrons. The van der Waals surface area contributed by atoms with Gasteiger partial charge >= 0.3 is 0 Å². The zero-order valence-electron chi connectivity index (χ0n) is 14.9. The smallest absolute Gasteiger partial charge is 0.122 e. The van der Waals surface area contributed by atoms with Crippen LogP contribution in [0.5, 0.6) is 5.75 Å². The van der Waals surface area contributed by atoms with E-state index in [2.05, 4.69) is 68.6 Å². The summed E-state index contributed by atoms with van der Waals surface area (Å²) in [5, 5.41) is 3.53. The lowest BCUT2D eigenvalue weighted by molar-refractivity contribution is -0.0149. The molecule has 1 N–H and O–H groups in total. The molecule has 24 heavy (non-hydrogen) atoms. The molecule has 1 aliphatic rings. The first kappa shape index (κ1) is 17.0. The molecule has 2 aromatic carbocycles. The number of hydrogen-bond acceptors (Lipinski definition) is 3. The molecule has 3 rings (SSSR count). The Balaban J connectivity index is 1.51. The van der Waals surface area contributed by atoms with E-state index in [1.165, 1.54) is 22.3 Å². The fourth-order valence-corrected chi connectivity index (χ4v) is 2.83. The van der Waals surface area contributed by atoms with Crippen molar-refractivity contribution in [3.05, 3.63) is 64.7 Å². The molecule has 3 heteroatoms. The molecule has 0 bridgehead atoms. The van der Waals surface area contributed by atoms with E-state index in [-0.39, 0.29) is 5.60 Å². The summed E-state index contributed by atoms with van der Waals surface area (Å²) in [5.74, 6) is 1.05. The van der Waals surface area contributed by atoms with Crippen molar-refractivity contribution < 1.29 is 9.47 Å². The molecule has 0 aromatic heterocycles. The normalized spacial score (nSPS) is 13.6. The van der Waals surface area contributed by atoms with Gasteiger partial charge in [0.15, 0.2) is 0 Å². The molecule has 0 saturated heterocycles. The Hall–Kier alpha value is -1.84. The Morgan fingerprint density at radius 3 is 2.54 bits per heavy atom. The average molecular weight is 325 g/mol. The predicted molar refractivity (Wildman–Crippen MR) is 97.2 cm³/mol. The maximum atomic E-state index is 5.85. The molecule has 0 saturated carbocycles. The quantitative estimate of drug-likeness (QED) is 0.862. The lowest BCUT2D eigenvalue weighted by atomic mass is 10.1. The van der Waals surface area contributed by atoms with E-state index in [9.17, 15) is 0 Å². The van der Waals surface area contributed by atoms with E-state index < -0.39 is 0 Å².